The molecule has 3 rings (SSSR count). The van der Waals surface area contributed by atoms with Gasteiger partial charge in [-0.15, -0.1) is 0 Å². The van der Waals surface area contributed by atoms with E-state index in [2.05, 4.69) is 34.9 Å². The number of carbonyl (C=O) groups is 1. The van der Waals surface area contributed by atoms with Gasteiger partial charge in [0.2, 0.25) is 5.91 Å². The summed E-state index contributed by atoms with van der Waals surface area (Å²) in [6.45, 7) is 1.83. The number of rotatable bonds is 7. The summed E-state index contributed by atoms with van der Waals surface area (Å²) >= 11 is 0. The van der Waals surface area contributed by atoms with E-state index < -0.39 is 0 Å². The summed E-state index contributed by atoms with van der Waals surface area (Å²) in [6.07, 6.45) is 8.84. The quantitative estimate of drug-likeness (QED) is 0.759. The molecule has 0 aliphatic heterocycles. The Morgan fingerprint density at radius 1 is 1.05 bits per heavy atom. The number of amides is 1. The highest BCUT2D eigenvalue weighted by molar-refractivity contribution is 5.82. The molecule has 22 heavy (non-hydrogen) atoms. The van der Waals surface area contributed by atoms with Crippen LogP contribution in [0.1, 0.15) is 56.4 Å². The van der Waals surface area contributed by atoms with E-state index in [1.807, 2.05) is 6.07 Å². The lowest BCUT2D eigenvalue weighted by atomic mass is 9.95. The molecule has 2 aliphatic rings. The molecule has 0 saturated heterocycles. The second kappa shape index (κ2) is 7.77. The molecule has 0 aromatic heterocycles. The van der Waals surface area contributed by atoms with Crippen molar-refractivity contribution in [3.8, 4) is 0 Å². The third-order valence-electron chi connectivity index (χ3n) is 5.05. The Labute approximate surface area is 133 Å². The molecule has 2 unspecified atom stereocenters. The first-order valence-electron chi connectivity index (χ1n) is 8.90. The molecule has 2 fully saturated rings. The number of carbonyl (C=O) groups excluding carboxylic acids is 1. The Hall–Kier alpha value is -1.35. The second-order valence-corrected chi connectivity index (χ2v) is 6.79. The minimum atomic E-state index is 0.203. The van der Waals surface area contributed by atoms with E-state index in [-0.39, 0.29) is 11.8 Å². The predicted molar refractivity (Wildman–Crippen MR) is 89.8 cm³/mol. The Bertz CT molecular complexity index is 468. The molecule has 1 aromatic carbocycles. The van der Waals surface area contributed by atoms with Crippen molar-refractivity contribution in [3.05, 3.63) is 35.9 Å². The van der Waals surface area contributed by atoms with E-state index in [4.69, 9.17) is 0 Å². The van der Waals surface area contributed by atoms with E-state index >= 15 is 0 Å². The average Bonchev–Trinajstić information content (AvgIpc) is 3.37. The molecule has 2 saturated carbocycles. The third kappa shape index (κ3) is 4.33. The predicted octanol–water partition coefficient (Wildman–Crippen LogP) is 3.22. The maximum atomic E-state index is 12.1. The van der Waals surface area contributed by atoms with E-state index in [1.165, 1.54) is 37.7 Å². The average molecular weight is 300 g/mol. The van der Waals surface area contributed by atoms with Gasteiger partial charge in [-0.25, -0.2) is 0 Å². The first-order chi connectivity index (χ1) is 10.8. The maximum absolute atomic E-state index is 12.1. The molecule has 2 N–H and O–H groups in total. The van der Waals surface area contributed by atoms with Crippen molar-refractivity contribution in [3.63, 3.8) is 0 Å². The van der Waals surface area contributed by atoms with E-state index in [9.17, 15) is 4.79 Å². The van der Waals surface area contributed by atoms with E-state index in [0.29, 0.717) is 5.92 Å². The minimum Gasteiger partial charge on any atom is -0.356 e. The lowest BCUT2D eigenvalue weighted by Gasteiger charge is -2.22. The molecule has 0 radical (unpaired) electrons. The van der Waals surface area contributed by atoms with Crippen molar-refractivity contribution in [2.45, 2.75) is 56.9 Å². The molecule has 3 nitrogen and oxygen atoms in total. The fourth-order valence-corrected chi connectivity index (χ4v) is 3.60. The Balaban J connectivity index is 1.27. The Morgan fingerprint density at radius 2 is 1.82 bits per heavy atom. The summed E-state index contributed by atoms with van der Waals surface area (Å²) in [5.74, 6) is 0.891. The summed E-state index contributed by atoms with van der Waals surface area (Å²) in [7, 11) is 0. The minimum absolute atomic E-state index is 0.203. The van der Waals surface area contributed by atoms with Crippen LogP contribution in [0, 0.1) is 5.92 Å². The van der Waals surface area contributed by atoms with Gasteiger partial charge < -0.3 is 10.6 Å². The maximum Gasteiger partial charge on any atom is 0.223 e. The standard InChI is InChI=1S/C19H28N2O/c22-19(18-14-17(18)15-8-3-1-4-9-15)21-13-7-12-20-16-10-5-2-6-11-16/h1,3-4,8-9,16-18,20H,2,5-7,10-14H2,(H,21,22). The van der Waals surface area contributed by atoms with Crippen LogP contribution in [0.3, 0.4) is 0 Å². The zero-order chi connectivity index (χ0) is 15.2. The van der Waals surface area contributed by atoms with Crippen LogP contribution in [0.25, 0.3) is 0 Å². The number of hydrogen-bond donors (Lipinski definition) is 2. The summed E-state index contributed by atoms with van der Waals surface area (Å²) in [6, 6.07) is 11.1. The summed E-state index contributed by atoms with van der Waals surface area (Å²) in [4.78, 5) is 12.1. The van der Waals surface area contributed by atoms with E-state index in [1.54, 1.807) is 0 Å². The highest BCUT2D eigenvalue weighted by atomic mass is 16.2. The van der Waals surface area contributed by atoms with Crippen LogP contribution < -0.4 is 10.6 Å². The van der Waals surface area contributed by atoms with Gasteiger partial charge in [-0.05, 0) is 43.7 Å². The molecule has 1 amide bonds. The van der Waals surface area contributed by atoms with Crippen LogP contribution in [0.2, 0.25) is 0 Å². The third-order valence-corrected chi connectivity index (χ3v) is 5.05. The molecule has 120 valence electrons. The van der Waals surface area contributed by atoms with Crippen LogP contribution in [-0.4, -0.2) is 25.0 Å². The van der Waals surface area contributed by atoms with Crippen molar-refractivity contribution in [2.24, 2.45) is 5.92 Å². The molecule has 2 aliphatic carbocycles. The first-order valence-corrected chi connectivity index (χ1v) is 8.90. The fraction of sp³-hybridized carbons (Fsp3) is 0.632. The SMILES string of the molecule is O=C(NCCCNC1CCCCC1)C1CC1c1ccccc1. The zero-order valence-electron chi connectivity index (χ0n) is 13.4. The second-order valence-electron chi connectivity index (χ2n) is 6.79. The van der Waals surface area contributed by atoms with Gasteiger partial charge in [0.15, 0.2) is 0 Å². The fourth-order valence-electron chi connectivity index (χ4n) is 3.60. The van der Waals surface area contributed by atoms with E-state index in [0.717, 1.165) is 32.0 Å². The summed E-state index contributed by atoms with van der Waals surface area (Å²) in [5.41, 5.74) is 1.31. The van der Waals surface area contributed by atoms with Crippen molar-refractivity contribution in [2.75, 3.05) is 13.1 Å². The molecule has 0 heterocycles. The molecular formula is C19H28N2O. The monoisotopic (exact) mass is 300 g/mol. The number of nitrogens with one attached hydrogen (secondary N) is 2. The van der Waals surface area contributed by atoms with Crippen LogP contribution in [0.5, 0.6) is 0 Å². The lowest BCUT2D eigenvalue weighted by Crippen LogP contribution is -2.34. The van der Waals surface area contributed by atoms with Crippen LogP contribution >= 0.6 is 0 Å². The topological polar surface area (TPSA) is 41.1 Å². The van der Waals surface area contributed by atoms with Crippen molar-refractivity contribution < 1.29 is 4.79 Å². The van der Waals surface area contributed by atoms with Gasteiger partial charge in [0.05, 0.1) is 0 Å². The molecule has 2 atom stereocenters. The highest BCUT2D eigenvalue weighted by Crippen LogP contribution is 2.47. The summed E-state index contributed by atoms with van der Waals surface area (Å²) in [5, 5.41) is 6.73. The van der Waals surface area contributed by atoms with Gasteiger partial charge in [-0.2, -0.15) is 0 Å². The van der Waals surface area contributed by atoms with Crippen molar-refractivity contribution >= 4 is 5.91 Å². The molecule has 3 heteroatoms. The number of hydrogen-bond acceptors (Lipinski definition) is 2. The normalized spacial score (nSPS) is 24.9. The molecular weight excluding hydrogens is 272 g/mol. The van der Waals surface area contributed by atoms with Crippen LogP contribution in [0.4, 0.5) is 0 Å². The highest BCUT2D eigenvalue weighted by Gasteiger charge is 2.43. The van der Waals surface area contributed by atoms with Crippen LogP contribution in [0.15, 0.2) is 30.3 Å². The molecule has 1 aromatic rings. The smallest absolute Gasteiger partial charge is 0.223 e. The summed E-state index contributed by atoms with van der Waals surface area (Å²) < 4.78 is 0. The molecule has 0 spiro atoms. The lowest BCUT2D eigenvalue weighted by molar-refractivity contribution is -0.122. The van der Waals surface area contributed by atoms with Gasteiger partial charge in [-0.1, -0.05) is 49.6 Å². The first kappa shape index (κ1) is 15.5. The van der Waals surface area contributed by atoms with Gasteiger partial charge in [0.25, 0.3) is 0 Å². The van der Waals surface area contributed by atoms with Crippen molar-refractivity contribution in [1.29, 1.82) is 0 Å². The Morgan fingerprint density at radius 3 is 2.59 bits per heavy atom. The van der Waals surface area contributed by atoms with Crippen LogP contribution in [-0.2, 0) is 4.79 Å². The van der Waals surface area contributed by atoms with Gasteiger partial charge >= 0.3 is 0 Å². The van der Waals surface area contributed by atoms with Gasteiger partial charge in [0.1, 0.15) is 0 Å². The van der Waals surface area contributed by atoms with Crippen molar-refractivity contribution in [1.82, 2.24) is 10.6 Å². The number of benzene rings is 1. The van der Waals surface area contributed by atoms with Gasteiger partial charge in [0, 0.05) is 18.5 Å². The largest absolute Gasteiger partial charge is 0.356 e. The molecule has 0 bridgehead atoms. The van der Waals surface area contributed by atoms with Gasteiger partial charge in [-0.3, -0.25) is 4.79 Å². The zero-order valence-corrected chi connectivity index (χ0v) is 13.4. The Kier molecular flexibility index (Phi) is 5.49.